The molecule has 1 unspecified atom stereocenters. The Morgan fingerprint density at radius 1 is 1.58 bits per heavy atom. The number of hydrogen-bond acceptors (Lipinski definition) is 2. The minimum absolute atomic E-state index is 0.258. The normalized spacial score (nSPS) is 19.5. The molecule has 1 aliphatic rings. The Labute approximate surface area is 71.4 Å². The van der Waals surface area contributed by atoms with Gasteiger partial charge in [-0.25, -0.2) is 0 Å². The maximum absolute atomic E-state index is 8.64. The van der Waals surface area contributed by atoms with Crippen LogP contribution in [-0.2, 0) is 6.42 Å². The van der Waals surface area contributed by atoms with Crippen LogP contribution in [0.4, 0.5) is 0 Å². The number of ether oxygens (including phenoxy) is 1. The predicted molar refractivity (Wildman–Crippen MR) is 45.0 cm³/mol. The van der Waals surface area contributed by atoms with Crippen LogP contribution < -0.4 is 4.74 Å². The lowest BCUT2D eigenvalue weighted by molar-refractivity contribution is 0.254. The summed E-state index contributed by atoms with van der Waals surface area (Å²) in [5, 5.41) is 8.64. The number of nitrogens with zero attached hydrogens (tertiary/aromatic N) is 1. The molecule has 1 aromatic carbocycles. The number of fused-ring (bicyclic) bond motifs is 1. The summed E-state index contributed by atoms with van der Waals surface area (Å²) in [7, 11) is 0. The van der Waals surface area contributed by atoms with Crippen LogP contribution in [0.15, 0.2) is 18.2 Å². The molecule has 0 spiro atoms. The molecule has 1 heterocycles. The van der Waals surface area contributed by atoms with Crippen molar-refractivity contribution in [2.45, 2.75) is 19.4 Å². The molecule has 1 aliphatic heterocycles. The molecule has 0 aliphatic carbocycles. The number of benzene rings is 1. The Kier molecular flexibility index (Phi) is 1.51. The van der Waals surface area contributed by atoms with E-state index in [0.717, 1.165) is 17.7 Å². The van der Waals surface area contributed by atoms with E-state index in [1.54, 1.807) is 6.07 Å². The summed E-state index contributed by atoms with van der Waals surface area (Å²) < 4.78 is 5.50. The van der Waals surface area contributed by atoms with Gasteiger partial charge in [0.2, 0.25) is 0 Å². The molecule has 2 nitrogen and oxygen atoms in total. The minimum Gasteiger partial charge on any atom is -0.490 e. The standard InChI is InChI=1S/C10H9NO/c1-7-4-9-5-8(6-11)2-3-10(9)12-7/h2-3,5,7H,4H2,1H3. The van der Waals surface area contributed by atoms with Gasteiger partial charge in [0.15, 0.2) is 0 Å². The van der Waals surface area contributed by atoms with Crippen molar-refractivity contribution < 1.29 is 4.74 Å². The molecule has 2 rings (SSSR count). The molecule has 0 aromatic heterocycles. The van der Waals surface area contributed by atoms with E-state index in [2.05, 4.69) is 6.07 Å². The second-order valence-electron chi connectivity index (χ2n) is 3.07. The quantitative estimate of drug-likeness (QED) is 0.579. The fraction of sp³-hybridized carbons (Fsp3) is 0.300. The molecule has 2 heteroatoms. The van der Waals surface area contributed by atoms with Crippen molar-refractivity contribution in [3.05, 3.63) is 29.3 Å². The summed E-state index contributed by atoms with van der Waals surface area (Å²) in [6, 6.07) is 7.68. The lowest BCUT2D eigenvalue weighted by atomic mass is 10.1. The van der Waals surface area contributed by atoms with Gasteiger partial charge in [-0.3, -0.25) is 0 Å². The Bertz CT molecular complexity index is 351. The van der Waals surface area contributed by atoms with Gasteiger partial charge < -0.3 is 4.74 Å². The second kappa shape index (κ2) is 2.53. The molecule has 1 atom stereocenters. The van der Waals surface area contributed by atoms with E-state index in [-0.39, 0.29) is 6.10 Å². The highest BCUT2D eigenvalue weighted by atomic mass is 16.5. The van der Waals surface area contributed by atoms with Crippen LogP contribution >= 0.6 is 0 Å². The fourth-order valence-corrected chi connectivity index (χ4v) is 1.49. The zero-order chi connectivity index (χ0) is 8.55. The first-order valence-electron chi connectivity index (χ1n) is 3.99. The van der Waals surface area contributed by atoms with Gasteiger partial charge in [-0.1, -0.05) is 0 Å². The van der Waals surface area contributed by atoms with E-state index in [1.165, 1.54) is 0 Å². The molecule has 60 valence electrons. The third-order valence-corrected chi connectivity index (χ3v) is 2.03. The predicted octanol–water partition coefficient (Wildman–Crippen LogP) is 1.88. The van der Waals surface area contributed by atoms with Gasteiger partial charge in [0.05, 0.1) is 11.6 Å². The molecule has 0 N–H and O–H groups in total. The van der Waals surface area contributed by atoms with Crippen LogP contribution in [-0.4, -0.2) is 6.10 Å². The third-order valence-electron chi connectivity index (χ3n) is 2.03. The van der Waals surface area contributed by atoms with Crippen LogP contribution in [0.3, 0.4) is 0 Å². The van der Waals surface area contributed by atoms with Crippen molar-refractivity contribution in [2.24, 2.45) is 0 Å². The first-order chi connectivity index (χ1) is 5.79. The molecule has 12 heavy (non-hydrogen) atoms. The van der Waals surface area contributed by atoms with E-state index < -0.39 is 0 Å². The minimum atomic E-state index is 0.258. The Hall–Kier alpha value is -1.49. The monoisotopic (exact) mass is 159 g/mol. The van der Waals surface area contributed by atoms with Gasteiger partial charge in [0.25, 0.3) is 0 Å². The highest BCUT2D eigenvalue weighted by molar-refractivity contribution is 5.44. The number of nitriles is 1. The van der Waals surface area contributed by atoms with Crippen molar-refractivity contribution in [1.82, 2.24) is 0 Å². The number of rotatable bonds is 0. The van der Waals surface area contributed by atoms with Crippen LogP contribution in [0.25, 0.3) is 0 Å². The Balaban J connectivity index is 2.44. The van der Waals surface area contributed by atoms with Gasteiger partial charge >= 0.3 is 0 Å². The van der Waals surface area contributed by atoms with Gasteiger partial charge in [-0.15, -0.1) is 0 Å². The molecule has 0 saturated heterocycles. The highest BCUT2D eigenvalue weighted by Crippen LogP contribution is 2.28. The van der Waals surface area contributed by atoms with Crippen LogP contribution in [0.1, 0.15) is 18.1 Å². The topological polar surface area (TPSA) is 33.0 Å². The second-order valence-corrected chi connectivity index (χ2v) is 3.07. The zero-order valence-corrected chi connectivity index (χ0v) is 6.87. The molecule has 1 aromatic rings. The van der Waals surface area contributed by atoms with Crippen LogP contribution in [0, 0.1) is 11.3 Å². The third kappa shape index (κ3) is 1.04. The summed E-state index contributed by atoms with van der Waals surface area (Å²) in [5.41, 5.74) is 1.87. The Morgan fingerprint density at radius 2 is 2.42 bits per heavy atom. The number of hydrogen-bond donors (Lipinski definition) is 0. The first-order valence-corrected chi connectivity index (χ1v) is 3.99. The lowest BCUT2D eigenvalue weighted by Crippen LogP contribution is -2.05. The molecular weight excluding hydrogens is 150 g/mol. The summed E-state index contributed by atoms with van der Waals surface area (Å²) in [6.07, 6.45) is 1.18. The van der Waals surface area contributed by atoms with Crippen molar-refractivity contribution in [1.29, 1.82) is 5.26 Å². The van der Waals surface area contributed by atoms with Crippen molar-refractivity contribution in [2.75, 3.05) is 0 Å². The molecule has 0 saturated carbocycles. The van der Waals surface area contributed by atoms with Crippen molar-refractivity contribution in [3.8, 4) is 11.8 Å². The van der Waals surface area contributed by atoms with Crippen molar-refractivity contribution >= 4 is 0 Å². The maximum atomic E-state index is 8.64. The Morgan fingerprint density at radius 3 is 3.17 bits per heavy atom. The van der Waals surface area contributed by atoms with Gasteiger partial charge in [0.1, 0.15) is 11.9 Å². The van der Waals surface area contributed by atoms with Crippen LogP contribution in [0.5, 0.6) is 5.75 Å². The average molecular weight is 159 g/mol. The van der Waals surface area contributed by atoms with E-state index in [4.69, 9.17) is 10.00 Å². The molecule has 0 radical (unpaired) electrons. The first kappa shape index (κ1) is 7.17. The zero-order valence-electron chi connectivity index (χ0n) is 6.87. The molecule has 0 bridgehead atoms. The van der Waals surface area contributed by atoms with E-state index in [1.807, 2.05) is 19.1 Å². The fourth-order valence-electron chi connectivity index (χ4n) is 1.49. The van der Waals surface area contributed by atoms with Gasteiger partial charge in [-0.2, -0.15) is 5.26 Å². The van der Waals surface area contributed by atoms with Crippen LogP contribution in [0.2, 0.25) is 0 Å². The van der Waals surface area contributed by atoms with Crippen molar-refractivity contribution in [3.63, 3.8) is 0 Å². The summed E-state index contributed by atoms with van der Waals surface area (Å²) in [4.78, 5) is 0. The largest absolute Gasteiger partial charge is 0.490 e. The van der Waals surface area contributed by atoms with E-state index in [0.29, 0.717) is 5.56 Å². The average Bonchev–Trinajstić information content (AvgIpc) is 2.43. The van der Waals surface area contributed by atoms with Gasteiger partial charge in [0, 0.05) is 6.42 Å². The molecule has 0 amide bonds. The van der Waals surface area contributed by atoms with E-state index in [9.17, 15) is 0 Å². The smallest absolute Gasteiger partial charge is 0.123 e. The van der Waals surface area contributed by atoms with E-state index >= 15 is 0 Å². The summed E-state index contributed by atoms with van der Waals surface area (Å²) >= 11 is 0. The molecule has 0 fully saturated rings. The molecular formula is C10H9NO. The highest BCUT2D eigenvalue weighted by Gasteiger charge is 2.18. The SMILES string of the molecule is CC1Cc2cc(C#N)ccc2O1. The maximum Gasteiger partial charge on any atom is 0.123 e. The lowest BCUT2D eigenvalue weighted by Gasteiger charge is -2.00. The summed E-state index contributed by atoms with van der Waals surface area (Å²) in [6.45, 7) is 2.03. The summed E-state index contributed by atoms with van der Waals surface area (Å²) in [5.74, 6) is 0.932. The van der Waals surface area contributed by atoms with Gasteiger partial charge in [-0.05, 0) is 30.7 Å².